The van der Waals surface area contributed by atoms with Crippen LogP contribution in [0.4, 0.5) is 0 Å². The Morgan fingerprint density at radius 2 is 1.40 bits per heavy atom. The van der Waals surface area contributed by atoms with Crippen molar-refractivity contribution in [1.29, 1.82) is 0 Å². The lowest BCUT2D eigenvalue weighted by Gasteiger charge is -2.11. The number of carbonyl (C=O) groups excluding carboxylic acids is 1. The summed E-state index contributed by atoms with van der Waals surface area (Å²) in [6.45, 7) is 2.10. The predicted molar refractivity (Wildman–Crippen MR) is 79.2 cm³/mol. The van der Waals surface area contributed by atoms with Gasteiger partial charge in [-0.05, 0) is 6.42 Å². The Hall–Kier alpha value is -1.13. The van der Waals surface area contributed by atoms with E-state index in [2.05, 4.69) is 6.92 Å². The monoisotopic (exact) mass is 320 g/mol. The largest absolute Gasteiger partial charge is 0.505 e. The maximum atomic E-state index is 12.0. The van der Waals surface area contributed by atoms with Gasteiger partial charge in [0.2, 0.25) is 0 Å². The zero-order valence-corrected chi connectivity index (χ0v) is 12.8. The molecule has 0 aromatic heterocycles. The van der Waals surface area contributed by atoms with E-state index < -0.39 is 33.1 Å². The van der Waals surface area contributed by atoms with Crippen molar-refractivity contribution >= 4 is 29.0 Å². The second-order valence-corrected chi connectivity index (χ2v) is 5.39. The summed E-state index contributed by atoms with van der Waals surface area (Å²) in [6, 6.07) is 0. The van der Waals surface area contributed by atoms with Gasteiger partial charge in [-0.1, -0.05) is 55.8 Å². The van der Waals surface area contributed by atoms with Gasteiger partial charge in [-0.25, -0.2) is 0 Å². The molecule has 0 aliphatic carbocycles. The summed E-state index contributed by atoms with van der Waals surface area (Å²) >= 11 is 11.3. The Balaban J connectivity index is 2.83. The molecule has 0 heterocycles. The predicted octanol–water partition coefficient (Wildman–Crippen LogP) is 4.65. The first-order chi connectivity index (χ1) is 9.41. The summed E-state index contributed by atoms with van der Waals surface area (Å²) in [5, 5.41) is 28.1. The maximum absolute atomic E-state index is 12.0. The number of phenolic OH excluding ortho intramolecular Hbond substituents is 3. The maximum Gasteiger partial charge on any atom is 0.170 e. The van der Waals surface area contributed by atoms with Crippen LogP contribution in [0.25, 0.3) is 0 Å². The number of benzene rings is 1. The topological polar surface area (TPSA) is 77.8 Å². The minimum Gasteiger partial charge on any atom is -0.505 e. The number of rotatable bonds is 7. The molecular formula is C14H18Cl2O4. The molecule has 3 N–H and O–H groups in total. The molecule has 20 heavy (non-hydrogen) atoms. The molecule has 0 aliphatic heterocycles. The highest BCUT2D eigenvalue weighted by molar-refractivity contribution is 6.40. The summed E-state index contributed by atoms with van der Waals surface area (Å²) in [7, 11) is 0. The van der Waals surface area contributed by atoms with Gasteiger partial charge >= 0.3 is 0 Å². The second kappa shape index (κ2) is 7.60. The smallest absolute Gasteiger partial charge is 0.170 e. The van der Waals surface area contributed by atoms with Gasteiger partial charge in [0, 0.05) is 6.42 Å². The lowest BCUT2D eigenvalue weighted by atomic mass is 10.0. The molecule has 0 saturated heterocycles. The van der Waals surface area contributed by atoms with Crippen LogP contribution in [0.2, 0.25) is 10.0 Å². The fraction of sp³-hybridized carbons (Fsp3) is 0.500. The highest BCUT2D eigenvalue weighted by atomic mass is 35.5. The average Bonchev–Trinajstić information content (AvgIpc) is 2.43. The molecule has 6 heteroatoms. The number of halogens is 2. The number of hydrogen-bond donors (Lipinski definition) is 3. The van der Waals surface area contributed by atoms with Gasteiger partial charge in [0.15, 0.2) is 23.0 Å². The average molecular weight is 321 g/mol. The second-order valence-electron chi connectivity index (χ2n) is 4.64. The molecule has 4 nitrogen and oxygen atoms in total. The zero-order valence-electron chi connectivity index (χ0n) is 11.2. The van der Waals surface area contributed by atoms with E-state index in [1.807, 2.05) is 0 Å². The van der Waals surface area contributed by atoms with Crippen molar-refractivity contribution in [3.05, 3.63) is 15.6 Å². The molecule has 0 amide bonds. The number of Topliss-reactive ketones (excluding diaryl/α,β-unsaturated/α-hetero) is 1. The number of phenols is 3. The van der Waals surface area contributed by atoms with Crippen LogP contribution in [0.15, 0.2) is 0 Å². The fourth-order valence-corrected chi connectivity index (χ4v) is 2.36. The van der Waals surface area contributed by atoms with Gasteiger partial charge < -0.3 is 15.3 Å². The lowest BCUT2D eigenvalue weighted by Crippen LogP contribution is -2.01. The highest BCUT2D eigenvalue weighted by Crippen LogP contribution is 2.48. The van der Waals surface area contributed by atoms with Gasteiger partial charge in [-0.2, -0.15) is 0 Å². The van der Waals surface area contributed by atoms with Crippen molar-refractivity contribution in [3.63, 3.8) is 0 Å². The van der Waals surface area contributed by atoms with Crippen LogP contribution in [-0.2, 0) is 0 Å². The third-order valence-corrected chi connectivity index (χ3v) is 3.81. The number of ketones is 1. The van der Waals surface area contributed by atoms with Crippen molar-refractivity contribution in [2.75, 3.05) is 0 Å². The summed E-state index contributed by atoms with van der Waals surface area (Å²) < 4.78 is 0. The van der Waals surface area contributed by atoms with Gasteiger partial charge in [0.1, 0.15) is 15.6 Å². The molecule has 0 unspecified atom stereocenters. The molecule has 0 aliphatic rings. The number of hydrogen-bond acceptors (Lipinski definition) is 4. The number of carbonyl (C=O) groups is 1. The first kappa shape index (κ1) is 16.9. The molecule has 1 rings (SSSR count). The third-order valence-electron chi connectivity index (χ3n) is 3.09. The van der Waals surface area contributed by atoms with E-state index in [-0.39, 0.29) is 12.0 Å². The van der Waals surface area contributed by atoms with Gasteiger partial charge in [0.25, 0.3) is 0 Å². The minimum absolute atomic E-state index is 0.183. The highest BCUT2D eigenvalue weighted by Gasteiger charge is 2.25. The van der Waals surface area contributed by atoms with Crippen molar-refractivity contribution in [1.82, 2.24) is 0 Å². The van der Waals surface area contributed by atoms with Gasteiger partial charge in [-0.15, -0.1) is 0 Å². The summed E-state index contributed by atoms with van der Waals surface area (Å²) in [6.07, 6.45) is 5.01. The Labute approximate surface area is 128 Å². The van der Waals surface area contributed by atoms with Gasteiger partial charge in [-0.3, -0.25) is 4.79 Å². The zero-order chi connectivity index (χ0) is 15.3. The van der Waals surface area contributed by atoms with Crippen LogP contribution >= 0.6 is 23.2 Å². The van der Waals surface area contributed by atoms with Crippen molar-refractivity contribution in [2.24, 2.45) is 0 Å². The molecule has 0 atom stereocenters. The van der Waals surface area contributed by atoms with Crippen LogP contribution in [0.3, 0.4) is 0 Å². The number of unbranched alkanes of at least 4 members (excludes halogenated alkanes) is 4. The summed E-state index contributed by atoms with van der Waals surface area (Å²) in [5.41, 5.74) is -0.326. The Morgan fingerprint density at radius 1 is 0.900 bits per heavy atom. The molecule has 0 saturated carbocycles. The number of aromatic hydroxyl groups is 3. The molecule has 0 fully saturated rings. The SMILES string of the molecule is CCCCCCCC(=O)c1c(O)c(Cl)c(O)c(Cl)c1O. The van der Waals surface area contributed by atoms with Crippen molar-refractivity contribution < 1.29 is 20.1 Å². The molecule has 0 bridgehead atoms. The molecule has 0 spiro atoms. The molecule has 1 aromatic carbocycles. The van der Waals surface area contributed by atoms with Crippen LogP contribution < -0.4 is 0 Å². The van der Waals surface area contributed by atoms with Crippen molar-refractivity contribution in [2.45, 2.75) is 45.4 Å². The van der Waals surface area contributed by atoms with Crippen LogP contribution in [-0.4, -0.2) is 21.1 Å². The van der Waals surface area contributed by atoms with Gasteiger partial charge in [0.05, 0.1) is 0 Å². The quantitative estimate of drug-likeness (QED) is 0.504. The standard InChI is InChI=1S/C14H18Cl2O4/c1-2-3-4-5-6-7-8(17)9-12(18)10(15)14(20)11(16)13(9)19/h18-20H,2-7H2,1H3. The third kappa shape index (κ3) is 3.70. The minimum atomic E-state index is -0.636. The first-order valence-electron chi connectivity index (χ1n) is 6.56. The fourth-order valence-electron chi connectivity index (χ4n) is 1.93. The van der Waals surface area contributed by atoms with Crippen LogP contribution in [0.1, 0.15) is 55.8 Å². The van der Waals surface area contributed by atoms with Crippen LogP contribution in [0, 0.1) is 0 Å². The van der Waals surface area contributed by atoms with E-state index in [1.54, 1.807) is 0 Å². The molecule has 0 radical (unpaired) electrons. The molecule has 1 aromatic rings. The van der Waals surface area contributed by atoms with Crippen LogP contribution in [0.5, 0.6) is 17.2 Å². The van der Waals surface area contributed by atoms with Crippen molar-refractivity contribution in [3.8, 4) is 17.2 Å². The normalized spacial score (nSPS) is 10.8. The molecular weight excluding hydrogens is 303 g/mol. The Kier molecular flexibility index (Phi) is 6.43. The Morgan fingerprint density at radius 3 is 1.90 bits per heavy atom. The van der Waals surface area contributed by atoms with E-state index in [0.717, 1.165) is 25.7 Å². The van der Waals surface area contributed by atoms with E-state index in [1.165, 1.54) is 0 Å². The van der Waals surface area contributed by atoms with E-state index >= 15 is 0 Å². The summed E-state index contributed by atoms with van der Waals surface area (Å²) in [4.78, 5) is 12.0. The molecule has 112 valence electrons. The lowest BCUT2D eigenvalue weighted by molar-refractivity contribution is 0.0973. The van der Waals surface area contributed by atoms with E-state index in [9.17, 15) is 20.1 Å². The Bertz CT molecular complexity index is 471. The first-order valence-corrected chi connectivity index (χ1v) is 7.32. The van der Waals surface area contributed by atoms with E-state index in [4.69, 9.17) is 23.2 Å². The van der Waals surface area contributed by atoms with E-state index in [0.29, 0.717) is 6.42 Å². The summed E-state index contributed by atoms with van der Waals surface area (Å²) in [5.74, 6) is -2.35.